The Kier molecular flexibility index (Phi) is 5.66. The van der Waals surface area contributed by atoms with Crippen LogP contribution in [0, 0.1) is 6.92 Å². The second-order valence-corrected chi connectivity index (χ2v) is 7.12. The summed E-state index contributed by atoms with van der Waals surface area (Å²) in [6.07, 6.45) is 2.45. The number of hydrogen-bond acceptors (Lipinski definition) is 6. The number of nitrogens with one attached hydrogen (secondary N) is 2. The third-order valence-corrected chi connectivity index (χ3v) is 5.34. The molecule has 2 heterocycles. The molecular formula is C19H21N5O2S. The number of hydrogen-bond donors (Lipinski definition) is 2. The number of rotatable bonds is 6. The van der Waals surface area contributed by atoms with Gasteiger partial charge >= 0.3 is 4.87 Å². The minimum absolute atomic E-state index is 0.00882. The van der Waals surface area contributed by atoms with Gasteiger partial charge in [0.15, 0.2) is 0 Å². The zero-order valence-electron chi connectivity index (χ0n) is 15.4. The summed E-state index contributed by atoms with van der Waals surface area (Å²) in [6.45, 7) is 4.03. The Morgan fingerprint density at radius 3 is 2.59 bits per heavy atom. The Labute approximate surface area is 161 Å². The number of anilines is 2. The molecule has 0 fully saturated rings. The van der Waals surface area contributed by atoms with E-state index >= 15 is 0 Å². The molecule has 0 aliphatic rings. The number of aromatic nitrogens is 3. The van der Waals surface area contributed by atoms with Crippen LogP contribution in [0.3, 0.4) is 0 Å². The second-order valence-electron chi connectivity index (χ2n) is 6.16. The van der Waals surface area contributed by atoms with Crippen molar-refractivity contribution in [2.45, 2.75) is 20.3 Å². The molecule has 0 bridgehead atoms. The molecule has 0 atom stereocenters. The fourth-order valence-corrected chi connectivity index (χ4v) is 3.52. The van der Waals surface area contributed by atoms with E-state index in [2.05, 4.69) is 20.6 Å². The Hall–Kier alpha value is -3.00. The molecule has 0 radical (unpaired) electrons. The van der Waals surface area contributed by atoms with Gasteiger partial charge in [-0.15, -0.1) is 0 Å². The summed E-state index contributed by atoms with van der Waals surface area (Å²) in [5, 5.41) is 5.97. The fraction of sp³-hybridized carbons (Fsp3) is 0.263. The van der Waals surface area contributed by atoms with Crippen molar-refractivity contribution in [1.29, 1.82) is 0 Å². The monoisotopic (exact) mass is 383 g/mol. The van der Waals surface area contributed by atoms with Crippen molar-refractivity contribution in [3.8, 4) is 10.6 Å². The van der Waals surface area contributed by atoms with Gasteiger partial charge in [-0.05, 0) is 37.1 Å². The van der Waals surface area contributed by atoms with E-state index in [0.29, 0.717) is 12.5 Å². The molecule has 2 N–H and O–H groups in total. The highest BCUT2D eigenvalue weighted by atomic mass is 32.1. The predicted molar refractivity (Wildman–Crippen MR) is 107 cm³/mol. The molecule has 140 valence electrons. The molecule has 8 heteroatoms. The molecule has 3 aromatic rings. The SMILES string of the molecule is CC(=O)NCCc1ccc(Nc2nccc(-c3sc(=O)n(C)c3C)n2)cc1. The summed E-state index contributed by atoms with van der Waals surface area (Å²) in [7, 11) is 1.76. The molecule has 1 amide bonds. The molecule has 0 unspecified atom stereocenters. The minimum Gasteiger partial charge on any atom is -0.356 e. The molecule has 0 aliphatic carbocycles. The first-order valence-corrected chi connectivity index (χ1v) is 9.36. The standard InChI is InChI=1S/C19H21N5O2S/c1-12-17(27-19(26)24(12)3)16-9-11-21-18(23-16)22-15-6-4-14(5-7-15)8-10-20-13(2)25/h4-7,9,11H,8,10H2,1-3H3,(H,20,25)(H,21,22,23). The van der Waals surface area contributed by atoms with E-state index in [1.165, 1.54) is 18.3 Å². The lowest BCUT2D eigenvalue weighted by Crippen LogP contribution is -2.22. The van der Waals surface area contributed by atoms with Crippen LogP contribution in [0.2, 0.25) is 0 Å². The highest BCUT2D eigenvalue weighted by Crippen LogP contribution is 2.25. The number of carbonyl (C=O) groups excluding carboxylic acids is 1. The first-order valence-electron chi connectivity index (χ1n) is 8.54. The number of benzene rings is 1. The van der Waals surface area contributed by atoms with Crippen LogP contribution in [0.15, 0.2) is 41.3 Å². The first-order chi connectivity index (χ1) is 12.9. The predicted octanol–water partition coefficient (Wildman–Crippen LogP) is 2.63. The molecule has 0 spiro atoms. The molecule has 0 saturated heterocycles. The van der Waals surface area contributed by atoms with Gasteiger partial charge in [-0.25, -0.2) is 9.97 Å². The molecule has 3 rings (SSSR count). The van der Waals surface area contributed by atoms with Gasteiger partial charge in [0.05, 0.1) is 10.6 Å². The van der Waals surface area contributed by atoms with Crippen molar-refractivity contribution in [1.82, 2.24) is 19.9 Å². The average molecular weight is 383 g/mol. The lowest BCUT2D eigenvalue weighted by molar-refractivity contribution is -0.118. The molecule has 0 aliphatic heterocycles. The van der Waals surface area contributed by atoms with E-state index < -0.39 is 0 Å². The van der Waals surface area contributed by atoms with Crippen molar-refractivity contribution in [3.63, 3.8) is 0 Å². The summed E-state index contributed by atoms with van der Waals surface area (Å²) in [6, 6.07) is 9.70. The van der Waals surface area contributed by atoms with Crippen molar-refractivity contribution in [3.05, 3.63) is 57.5 Å². The van der Waals surface area contributed by atoms with Gasteiger partial charge in [0, 0.05) is 38.1 Å². The van der Waals surface area contributed by atoms with Crippen molar-refractivity contribution in [2.24, 2.45) is 7.05 Å². The molecule has 1 aromatic carbocycles. The maximum Gasteiger partial charge on any atom is 0.307 e. The quantitative estimate of drug-likeness (QED) is 0.683. The van der Waals surface area contributed by atoms with Gasteiger partial charge in [-0.1, -0.05) is 23.5 Å². The maximum atomic E-state index is 11.9. The van der Waals surface area contributed by atoms with Gasteiger partial charge in [-0.2, -0.15) is 0 Å². The Balaban J connectivity index is 1.72. The Morgan fingerprint density at radius 1 is 1.22 bits per heavy atom. The van der Waals surface area contributed by atoms with Crippen LogP contribution in [-0.2, 0) is 18.3 Å². The smallest absolute Gasteiger partial charge is 0.307 e. The number of carbonyl (C=O) groups is 1. The van der Waals surface area contributed by atoms with Crippen LogP contribution in [0.25, 0.3) is 10.6 Å². The Bertz CT molecular complexity index is 1010. The molecule has 0 saturated carbocycles. The number of thiazole rings is 1. The van der Waals surface area contributed by atoms with Crippen molar-refractivity contribution in [2.75, 3.05) is 11.9 Å². The highest BCUT2D eigenvalue weighted by Gasteiger charge is 2.12. The number of nitrogens with zero attached hydrogens (tertiary/aromatic N) is 3. The zero-order chi connectivity index (χ0) is 19.4. The van der Waals surface area contributed by atoms with E-state index in [1.807, 2.05) is 31.2 Å². The second kappa shape index (κ2) is 8.13. The van der Waals surface area contributed by atoms with Crippen LogP contribution < -0.4 is 15.5 Å². The van der Waals surface area contributed by atoms with Gasteiger partial charge < -0.3 is 15.2 Å². The fourth-order valence-electron chi connectivity index (χ4n) is 2.57. The molecular weight excluding hydrogens is 362 g/mol. The molecule has 7 nitrogen and oxygen atoms in total. The Morgan fingerprint density at radius 2 is 1.96 bits per heavy atom. The summed E-state index contributed by atoms with van der Waals surface area (Å²) >= 11 is 1.18. The van der Waals surface area contributed by atoms with E-state index in [0.717, 1.165) is 33.9 Å². The molecule has 2 aromatic heterocycles. The van der Waals surface area contributed by atoms with E-state index in [9.17, 15) is 9.59 Å². The number of amides is 1. The van der Waals surface area contributed by atoms with E-state index in [4.69, 9.17) is 0 Å². The summed E-state index contributed by atoms with van der Waals surface area (Å²) < 4.78 is 1.62. The van der Waals surface area contributed by atoms with Gasteiger partial charge in [0.1, 0.15) is 0 Å². The van der Waals surface area contributed by atoms with E-state index in [1.54, 1.807) is 23.9 Å². The van der Waals surface area contributed by atoms with Gasteiger partial charge in [0.25, 0.3) is 0 Å². The first kappa shape index (κ1) is 18.8. The topological polar surface area (TPSA) is 88.9 Å². The minimum atomic E-state index is -0.0241. The molecule has 27 heavy (non-hydrogen) atoms. The van der Waals surface area contributed by atoms with E-state index in [-0.39, 0.29) is 10.8 Å². The normalized spacial score (nSPS) is 10.6. The van der Waals surface area contributed by atoms with Crippen molar-refractivity contribution >= 4 is 28.9 Å². The van der Waals surface area contributed by atoms with Gasteiger partial charge in [0.2, 0.25) is 11.9 Å². The van der Waals surface area contributed by atoms with Crippen LogP contribution >= 0.6 is 11.3 Å². The lowest BCUT2D eigenvalue weighted by atomic mass is 10.1. The van der Waals surface area contributed by atoms with Crippen LogP contribution in [0.4, 0.5) is 11.6 Å². The van der Waals surface area contributed by atoms with Crippen LogP contribution in [0.1, 0.15) is 18.2 Å². The summed E-state index contributed by atoms with van der Waals surface area (Å²) in [4.78, 5) is 32.4. The zero-order valence-corrected chi connectivity index (χ0v) is 16.3. The highest BCUT2D eigenvalue weighted by molar-refractivity contribution is 7.13. The van der Waals surface area contributed by atoms with Gasteiger partial charge in [-0.3, -0.25) is 9.59 Å². The van der Waals surface area contributed by atoms with Crippen LogP contribution in [0.5, 0.6) is 0 Å². The maximum absolute atomic E-state index is 11.9. The average Bonchev–Trinajstić information content (AvgIpc) is 2.91. The largest absolute Gasteiger partial charge is 0.356 e. The van der Waals surface area contributed by atoms with Crippen molar-refractivity contribution < 1.29 is 4.79 Å². The third-order valence-electron chi connectivity index (χ3n) is 4.18. The van der Waals surface area contributed by atoms with Crippen LogP contribution in [-0.4, -0.2) is 27.0 Å². The third kappa shape index (κ3) is 4.59. The summed E-state index contributed by atoms with van der Waals surface area (Å²) in [5.41, 5.74) is 3.61. The lowest BCUT2D eigenvalue weighted by Gasteiger charge is -2.08. The summed E-state index contributed by atoms with van der Waals surface area (Å²) in [5.74, 6) is 0.449.